The molecule has 0 aliphatic rings. The first-order valence-corrected chi connectivity index (χ1v) is 7.76. The van der Waals surface area contributed by atoms with Crippen molar-refractivity contribution >= 4 is 23.2 Å². The minimum atomic E-state index is -0.500. The maximum Gasteiger partial charge on any atom is 0.274 e. The second-order valence-corrected chi connectivity index (χ2v) is 5.64. The predicted octanol–water partition coefficient (Wildman–Crippen LogP) is 4.23. The van der Waals surface area contributed by atoms with Crippen LogP contribution in [0.25, 0.3) is 0 Å². The first-order chi connectivity index (χ1) is 12.0. The third-order valence-corrected chi connectivity index (χ3v) is 3.52. The van der Waals surface area contributed by atoms with Gasteiger partial charge in [-0.3, -0.25) is 4.79 Å². The average molecular weight is 336 g/mol. The molecule has 3 aromatic rings. The number of carbonyl (C=O) groups is 1. The standard InChI is InChI=1S/C19H17FN4O/c1-12-7-9-14(10-8-12)22-19-21-13(2)11-17(24-19)18(25)23-16-6-4-3-5-15(16)20/h3-11H,1-2H3,(H,23,25)(H,21,22,24). The summed E-state index contributed by atoms with van der Waals surface area (Å²) < 4.78 is 13.7. The van der Waals surface area contributed by atoms with Gasteiger partial charge in [0.1, 0.15) is 11.5 Å². The van der Waals surface area contributed by atoms with E-state index in [2.05, 4.69) is 20.6 Å². The van der Waals surface area contributed by atoms with E-state index in [4.69, 9.17) is 0 Å². The number of halogens is 1. The average Bonchev–Trinajstić information content (AvgIpc) is 2.58. The number of nitrogens with one attached hydrogen (secondary N) is 2. The molecule has 0 radical (unpaired) electrons. The number of hydrogen-bond acceptors (Lipinski definition) is 4. The number of para-hydroxylation sites is 1. The molecule has 2 N–H and O–H groups in total. The van der Waals surface area contributed by atoms with Crippen LogP contribution in [0.1, 0.15) is 21.7 Å². The number of amides is 1. The van der Waals surface area contributed by atoms with Gasteiger partial charge in [-0.05, 0) is 44.2 Å². The van der Waals surface area contributed by atoms with Gasteiger partial charge in [-0.2, -0.15) is 0 Å². The minimum Gasteiger partial charge on any atom is -0.324 e. The highest BCUT2D eigenvalue weighted by Crippen LogP contribution is 2.17. The van der Waals surface area contributed by atoms with E-state index in [9.17, 15) is 9.18 Å². The van der Waals surface area contributed by atoms with E-state index in [0.29, 0.717) is 11.6 Å². The Kier molecular flexibility index (Phi) is 4.70. The molecule has 126 valence electrons. The molecule has 0 saturated heterocycles. The largest absolute Gasteiger partial charge is 0.324 e. The number of hydrogen-bond donors (Lipinski definition) is 2. The van der Waals surface area contributed by atoms with Crippen LogP contribution in [0.5, 0.6) is 0 Å². The Morgan fingerprint density at radius 2 is 1.72 bits per heavy atom. The molecule has 3 rings (SSSR count). The van der Waals surface area contributed by atoms with Gasteiger partial charge < -0.3 is 10.6 Å². The summed E-state index contributed by atoms with van der Waals surface area (Å²) in [6.45, 7) is 3.76. The van der Waals surface area contributed by atoms with E-state index < -0.39 is 11.7 Å². The van der Waals surface area contributed by atoms with Crippen LogP contribution in [-0.2, 0) is 0 Å². The van der Waals surface area contributed by atoms with Gasteiger partial charge in [0.15, 0.2) is 0 Å². The van der Waals surface area contributed by atoms with Crippen molar-refractivity contribution in [2.45, 2.75) is 13.8 Å². The minimum absolute atomic E-state index is 0.108. The highest BCUT2D eigenvalue weighted by molar-refractivity contribution is 6.03. The molecule has 5 nitrogen and oxygen atoms in total. The summed E-state index contributed by atoms with van der Waals surface area (Å²) in [4.78, 5) is 20.9. The van der Waals surface area contributed by atoms with E-state index in [1.807, 2.05) is 31.2 Å². The van der Waals surface area contributed by atoms with E-state index in [1.165, 1.54) is 12.1 Å². The summed E-state index contributed by atoms with van der Waals surface area (Å²) in [6.07, 6.45) is 0. The van der Waals surface area contributed by atoms with Crippen molar-refractivity contribution in [3.8, 4) is 0 Å². The topological polar surface area (TPSA) is 66.9 Å². The molecule has 6 heteroatoms. The van der Waals surface area contributed by atoms with Gasteiger partial charge in [-0.25, -0.2) is 14.4 Å². The first kappa shape index (κ1) is 16.6. The Balaban J connectivity index is 1.82. The molecule has 1 heterocycles. The molecule has 1 aromatic heterocycles. The lowest BCUT2D eigenvalue weighted by Crippen LogP contribution is -2.16. The van der Waals surface area contributed by atoms with E-state index >= 15 is 0 Å². The number of carbonyl (C=O) groups excluding carboxylic acids is 1. The lowest BCUT2D eigenvalue weighted by molar-refractivity contribution is 0.102. The number of aryl methyl sites for hydroxylation is 2. The van der Waals surface area contributed by atoms with Crippen molar-refractivity contribution in [2.24, 2.45) is 0 Å². The zero-order valence-electron chi connectivity index (χ0n) is 13.9. The zero-order chi connectivity index (χ0) is 17.8. The molecule has 0 aliphatic carbocycles. The third-order valence-electron chi connectivity index (χ3n) is 3.52. The van der Waals surface area contributed by atoms with E-state index in [0.717, 1.165) is 11.3 Å². The van der Waals surface area contributed by atoms with Crippen LogP contribution in [0, 0.1) is 19.7 Å². The number of anilines is 3. The molecule has 25 heavy (non-hydrogen) atoms. The Morgan fingerprint density at radius 1 is 1.00 bits per heavy atom. The molecule has 0 unspecified atom stereocenters. The van der Waals surface area contributed by atoms with E-state index in [-0.39, 0.29) is 11.4 Å². The SMILES string of the molecule is Cc1ccc(Nc2nc(C)cc(C(=O)Nc3ccccc3F)n2)cc1. The number of aromatic nitrogens is 2. The van der Waals surface area contributed by atoms with Crippen LogP contribution in [0.2, 0.25) is 0 Å². The monoisotopic (exact) mass is 336 g/mol. The van der Waals surface area contributed by atoms with Gasteiger partial charge in [0.25, 0.3) is 5.91 Å². The molecule has 0 aliphatic heterocycles. The second kappa shape index (κ2) is 7.09. The third kappa shape index (κ3) is 4.17. The molecule has 1 amide bonds. The second-order valence-electron chi connectivity index (χ2n) is 5.64. The fourth-order valence-corrected chi connectivity index (χ4v) is 2.26. The van der Waals surface area contributed by atoms with Gasteiger partial charge in [0.2, 0.25) is 5.95 Å². The predicted molar refractivity (Wildman–Crippen MR) is 95.6 cm³/mol. The Bertz CT molecular complexity index is 910. The quantitative estimate of drug-likeness (QED) is 0.748. The summed E-state index contributed by atoms with van der Waals surface area (Å²) in [5.74, 6) is -0.690. The summed E-state index contributed by atoms with van der Waals surface area (Å²) in [6, 6.07) is 15.3. The molecule has 0 fully saturated rings. The summed E-state index contributed by atoms with van der Waals surface area (Å²) in [5.41, 5.74) is 2.85. The normalized spacial score (nSPS) is 10.4. The van der Waals surface area contributed by atoms with Gasteiger partial charge in [0, 0.05) is 11.4 Å². The maximum absolute atomic E-state index is 13.7. The smallest absolute Gasteiger partial charge is 0.274 e. The molecule has 2 aromatic carbocycles. The summed E-state index contributed by atoms with van der Waals surface area (Å²) in [5, 5.41) is 5.59. The molecular formula is C19H17FN4O. The zero-order valence-corrected chi connectivity index (χ0v) is 13.9. The fraction of sp³-hybridized carbons (Fsp3) is 0.105. The van der Waals surface area contributed by atoms with Crippen LogP contribution in [0.15, 0.2) is 54.6 Å². The Hall–Kier alpha value is -3.28. The Labute approximate surface area is 145 Å². The van der Waals surface area contributed by atoms with Gasteiger partial charge in [-0.15, -0.1) is 0 Å². The number of rotatable bonds is 4. The molecular weight excluding hydrogens is 319 g/mol. The Morgan fingerprint density at radius 3 is 2.44 bits per heavy atom. The van der Waals surface area contributed by atoms with E-state index in [1.54, 1.807) is 25.1 Å². The summed E-state index contributed by atoms with van der Waals surface area (Å²) in [7, 11) is 0. The first-order valence-electron chi connectivity index (χ1n) is 7.76. The van der Waals surface area contributed by atoms with Crippen molar-refractivity contribution in [1.29, 1.82) is 0 Å². The van der Waals surface area contributed by atoms with Crippen molar-refractivity contribution in [3.05, 3.63) is 77.4 Å². The number of benzene rings is 2. The van der Waals surface area contributed by atoms with Crippen molar-refractivity contribution in [3.63, 3.8) is 0 Å². The van der Waals surface area contributed by atoms with Gasteiger partial charge in [0.05, 0.1) is 5.69 Å². The maximum atomic E-state index is 13.7. The van der Waals surface area contributed by atoms with Crippen molar-refractivity contribution < 1.29 is 9.18 Å². The lowest BCUT2D eigenvalue weighted by atomic mass is 10.2. The molecule has 0 atom stereocenters. The molecule has 0 spiro atoms. The van der Waals surface area contributed by atoms with Crippen LogP contribution < -0.4 is 10.6 Å². The summed E-state index contributed by atoms with van der Waals surface area (Å²) >= 11 is 0. The van der Waals surface area contributed by atoms with Crippen LogP contribution in [-0.4, -0.2) is 15.9 Å². The van der Waals surface area contributed by atoms with Crippen molar-refractivity contribution in [2.75, 3.05) is 10.6 Å². The number of nitrogens with zero attached hydrogens (tertiary/aromatic N) is 2. The fourth-order valence-electron chi connectivity index (χ4n) is 2.26. The highest BCUT2D eigenvalue weighted by Gasteiger charge is 2.13. The van der Waals surface area contributed by atoms with Crippen LogP contribution in [0.4, 0.5) is 21.7 Å². The highest BCUT2D eigenvalue weighted by atomic mass is 19.1. The van der Waals surface area contributed by atoms with Crippen molar-refractivity contribution in [1.82, 2.24) is 9.97 Å². The molecule has 0 bridgehead atoms. The molecule has 0 saturated carbocycles. The van der Waals surface area contributed by atoms with Gasteiger partial charge in [-0.1, -0.05) is 29.8 Å². The van der Waals surface area contributed by atoms with Crippen LogP contribution in [0.3, 0.4) is 0 Å². The van der Waals surface area contributed by atoms with Crippen LogP contribution >= 0.6 is 0 Å². The van der Waals surface area contributed by atoms with Gasteiger partial charge >= 0.3 is 0 Å². The lowest BCUT2D eigenvalue weighted by Gasteiger charge is -2.09.